The lowest BCUT2D eigenvalue weighted by molar-refractivity contribution is -0.0536. The molecule has 0 aliphatic rings. The molecule has 7 heteroatoms. The third-order valence-corrected chi connectivity index (χ3v) is 4.04. The number of hydroxylamine groups is 2. The normalized spacial score (nSPS) is 11.3. The van der Waals surface area contributed by atoms with Crippen LogP contribution in [0, 0.1) is 17.7 Å². The van der Waals surface area contributed by atoms with Crippen LogP contribution in [0.1, 0.15) is 23.8 Å². The van der Waals surface area contributed by atoms with E-state index in [1.54, 1.807) is 24.3 Å². The van der Waals surface area contributed by atoms with Crippen LogP contribution in [-0.2, 0) is 6.42 Å². The second-order valence-corrected chi connectivity index (χ2v) is 6.30. The average molecular weight is 394 g/mol. The van der Waals surface area contributed by atoms with Crippen molar-refractivity contribution in [3.8, 4) is 23.5 Å². The monoisotopic (exact) mass is 394 g/mol. The van der Waals surface area contributed by atoms with E-state index in [4.69, 9.17) is 14.9 Å². The molecule has 2 amide bonds. The Hall–Kier alpha value is -3.76. The third-order valence-electron chi connectivity index (χ3n) is 4.04. The number of urea groups is 1. The van der Waals surface area contributed by atoms with E-state index in [9.17, 15) is 14.4 Å². The number of nitrogens with two attached hydrogens (primary N) is 1. The maximum absolute atomic E-state index is 13.0. The van der Waals surface area contributed by atoms with Crippen LogP contribution in [0.5, 0.6) is 11.7 Å². The van der Waals surface area contributed by atoms with Gasteiger partial charge in [-0.3, -0.25) is 5.21 Å². The molecular formula is C22H19FN2O4. The summed E-state index contributed by atoms with van der Waals surface area (Å²) in [7, 11) is 0. The summed E-state index contributed by atoms with van der Waals surface area (Å²) < 4.78 is 24.1. The molecule has 0 bridgehead atoms. The van der Waals surface area contributed by atoms with E-state index >= 15 is 0 Å². The molecule has 0 spiro atoms. The summed E-state index contributed by atoms with van der Waals surface area (Å²) in [6.45, 7) is 1.52. The molecule has 0 saturated heterocycles. The molecule has 0 radical (unpaired) electrons. The zero-order chi connectivity index (χ0) is 20.8. The van der Waals surface area contributed by atoms with Gasteiger partial charge in [-0.2, -0.15) is 5.06 Å². The summed E-state index contributed by atoms with van der Waals surface area (Å²) in [4.78, 5) is 10.9. The van der Waals surface area contributed by atoms with Crippen LogP contribution in [-0.4, -0.2) is 22.3 Å². The second-order valence-electron chi connectivity index (χ2n) is 6.30. The Bertz CT molecular complexity index is 1030. The summed E-state index contributed by atoms with van der Waals surface area (Å²) >= 11 is 0. The number of amides is 2. The predicted molar refractivity (Wildman–Crippen MR) is 104 cm³/mol. The van der Waals surface area contributed by atoms with Gasteiger partial charge in [0.1, 0.15) is 17.6 Å². The first-order valence-electron chi connectivity index (χ1n) is 8.81. The van der Waals surface area contributed by atoms with Crippen molar-refractivity contribution in [3.05, 3.63) is 83.4 Å². The van der Waals surface area contributed by atoms with Crippen LogP contribution in [0.4, 0.5) is 9.18 Å². The fraction of sp³-hybridized carbons (Fsp3) is 0.136. The van der Waals surface area contributed by atoms with E-state index in [1.165, 1.54) is 19.1 Å². The fourth-order valence-electron chi connectivity index (χ4n) is 2.50. The van der Waals surface area contributed by atoms with Crippen molar-refractivity contribution in [1.82, 2.24) is 5.06 Å². The van der Waals surface area contributed by atoms with Gasteiger partial charge in [0.2, 0.25) is 0 Å². The largest absolute Gasteiger partial charge is 0.426 e. The van der Waals surface area contributed by atoms with E-state index in [2.05, 4.69) is 11.8 Å². The van der Waals surface area contributed by atoms with Gasteiger partial charge in [0.05, 0.1) is 0 Å². The van der Waals surface area contributed by atoms with Gasteiger partial charge in [0.25, 0.3) is 5.95 Å². The molecule has 3 rings (SSSR count). The number of halogens is 1. The smallest absolute Gasteiger partial charge is 0.339 e. The van der Waals surface area contributed by atoms with Crippen molar-refractivity contribution in [2.45, 2.75) is 19.4 Å². The summed E-state index contributed by atoms with van der Waals surface area (Å²) in [5.74, 6) is 6.24. The first-order valence-corrected chi connectivity index (χ1v) is 8.81. The Kier molecular flexibility index (Phi) is 6.17. The number of nitrogens with zero attached hydrogens (tertiary/aromatic N) is 1. The van der Waals surface area contributed by atoms with Crippen LogP contribution in [0.15, 0.2) is 65.1 Å². The van der Waals surface area contributed by atoms with Gasteiger partial charge in [0.15, 0.2) is 5.76 Å². The van der Waals surface area contributed by atoms with Crippen LogP contribution >= 0.6 is 0 Å². The number of furan rings is 1. The van der Waals surface area contributed by atoms with Crippen molar-refractivity contribution in [2.75, 3.05) is 0 Å². The van der Waals surface area contributed by atoms with Crippen molar-refractivity contribution in [1.29, 1.82) is 0 Å². The Balaban J connectivity index is 1.60. The summed E-state index contributed by atoms with van der Waals surface area (Å²) in [6.07, 6.45) is 0.687. The quantitative estimate of drug-likeness (QED) is 0.383. The topological polar surface area (TPSA) is 88.9 Å². The van der Waals surface area contributed by atoms with Crippen LogP contribution in [0.3, 0.4) is 0 Å². The standard InChI is InChI=1S/C22H19FN2O4/c1-15(25(27)22(24)26)2-9-19-12-13-21(28-19)29-20-10-5-17(6-11-20)14-16-3-7-18(23)8-4-16/h3-8,10-13,15,27H,14H2,1H3,(H2,24,26). The molecule has 1 unspecified atom stereocenters. The predicted octanol–water partition coefficient (Wildman–Crippen LogP) is 4.31. The highest BCUT2D eigenvalue weighted by atomic mass is 19.1. The Morgan fingerprint density at radius 3 is 2.38 bits per heavy atom. The summed E-state index contributed by atoms with van der Waals surface area (Å²) in [5.41, 5.74) is 7.04. The highest BCUT2D eigenvalue weighted by molar-refractivity contribution is 5.71. The number of carbonyl (C=O) groups is 1. The lowest BCUT2D eigenvalue weighted by Crippen LogP contribution is -2.38. The Morgan fingerprint density at radius 2 is 1.76 bits per heavy atom. The fourth-order valence-corrected chi connectivity index (χ4v) is 2.50. The molecule has 3 N–H and O–H groups in total. The number of hydrogen-bond acceptors (Lipinski definition) is 4. The van der Waals surface area contributed by atoms with Crippen molar-refractivity contribution >= 4 is 6.03 Å². The third kappa shape index (κ3) is 5.61. The van der Waals surface area contributed by atoms with E-state index in [0.29, 0.717) is 23.0 Å². The lowest BCUT2D eigenvalue weighted by atomic mass is 10.1. The van der Waals surface area contributed by atoms with Gasteiger partial charge >= 0.3 is 6.03 Å². The number of ether oxygens (including phenoxy) is 1. The van der Waals surface area contributed by atoms with Crippen LogP contribution < -0.4 is 10.5 Å². The minimum absolute atomic E-state index is 0.254. The maximum atomic E-state index is 13.0. The zero-order valence-corrected chi connectivity index (χ0v) is 15.6. The molecule has 3 aromatic rings. The molecule has 1 atom stereocenters. The molecule has 1 heterocycles. The minimum Gasteiger partial charge on any atom is -0.426 e. The number of rotatable bonds is 5. The van der Waals surface area contributed by atoms with Gasteiger partial charge in [-0.25, -0.2) is 9.18 Å². The van der Waals surface area contributed by atoms with Gasteiger partial charge in [0, 0.05) is 6.07 Å². The maximum Gasteiger partial charge on any atom is 0.339 e. The SMILES string of the molecule is CC(C#Cc1ccc(Oc2ccc(Cc3ccc(F)cc3)cc2)o1)N(O)C(N)=O. The second kappa shape index (κ2) is 8.95. The van der Waals surface area contributed by atoms with E-state index in [0.717, 1.165) is 11.1 Å². The highest BCUT2D eigenvalue weighted by Crippen LogP contribution is 2.24. The first kappa shape index (κ1) is 20.0. The Labute approximate surface area is 167 Å². The van der Waals surface area contributed by atoms with E-state index in [-0.39, 0.29) is 11.8 Å². The number of carbonyl (C=O) groups excluding carboxylic acids is 1. The summed E-state index contributed by atoms with van der Waals surface area (Å²) in [6, 6.07) is 15.3. The van der Waals surface area contributed by atoms with Gasteiger partial charge in [-0.05, 0) is 60.7 Å². The molecule has 2 aromatic carbocycles. The lowest BCUT2D eigenvalue weighted by Gasteiger charge is -2.14. The molecular weight excluding hydrogens is 375 g/mol. The molecule has 0 aliphatic heterocycles. The minimum atomic E-state index is -0.988. The van der Waals surface area contributed by atoms with E-state index in [1.807, 2.05) is 24.3 Å². The van der Waals surface area contributed by atoms with Crippen LogP contribution in [0.25, 0.3) is 0 Å². The Morgan fingerprint density at radius 1 is 1.14 bits per heavy atom. The molecule has 1 aromatic heterocycles. The van der Waals surface area contributed by atoms with Crippen molar-refractivity contribution in [3.63, 3.8) is 0 Å². The number of primary amides is 1. The molecule has 6 nitrogen and oxygen atoms in total. The molecule has 148 valence electrons. The van der Waals surface area contributed by atoms with Gasteiger partial charge in [-0.15, -0.1) is 0 Å². The molecule has 0 saturated carbocycles. The number of hydrogen-bond donors (Lipinski definition) is 2. The zero-order valence-electron chi connectivity index (χ0n) is 15.6. The van der Waals surface area contributed by atoms with Gasteiger partial charge < -0.3 is 14.9 Å². The number of benzene rings is 2. The van der Waals surface area contributed by atoms with Gasteiger partial charge in [-0.1, -0.05) is 30.2 Å². The summed E-state index contributed by atoms with van der Waals surface area (Å²) in [5, 5.41) is 9.72. The molecule has 0 aliphatic carbocycles. The van der Waals surface area contributed by atoms with Crippen molar-refractivity contribution in [2.24, 2.45) is 5.73 Å². The highest BCUT2D eigenvalue weighted by Gasteiger charge is 2.12. The van der Waals surface area contributed by atoms with Crippen molar-refractivity contribution < 1.29 is 23.5 Å². The molecule has 0 fully saturated rings. The average Bonchev–Trinajstić information content (AvgIpc) is 3.16. The van der Waals surface area contributed by atoms with Crippen LogP contribution in [0.2, 0.25) is 0 Å². The van der Waals surface area contributed by atoms with E-state index < -0.39 is 12.1 Å². The first-order chi connectivity index (χ1) is 13.9. The molecule has 29 heavy (non-hydrogen) atoms.